The van der Waals surface area contributed by atoms with Gasteiger partial charge >= 0.3 is 0 Å². The number of nitrogens with one attached hydrogen (secondary N) is 1. The Balaban J connectivity index is 2.05. The van der Waals surface area contributed by atoms with Crippen molar-refractivity contribution in [2.45, 2.75) is 27.7 Å². The molecule has 2 aromatic carbocycles. The van der Waals surface area contributed by atoms with Crippen molar-refractivity contribution in [3.63, 3.8) is 0 Å². The molecule has 0 aromatic heterocycles. The summed E-state index contributed by atoms with van der Waals surface area (Å²) >= 11 is 0. The molecule has 29 heavy (non-hydrogen) atoms. The monoisotopic (exact) mass is 394 g/mol. The summed E-state index contributed by atoms with van der Waals surface area (Å²) in [4.78, 5) is 26.7. The third-order valence-electron chi connectivity index (χ3n) is 4.90. The van der Waals surface area contributed by atoms with Crippen LogP contribution in [0.3, 0.4) is 0 Å². The van der Waals surface area contributed by atoms with Gasteiger partial charge in [-0.1, -0.05) is 18.2 Å². The molecule has 0 saturated carbocycles. The number of hydrogen-bond donors (Lipinski definition) is 1. The average molecular weight is 394 g/mol. The van der Waals surface area contributed by atoms with Gasteiger partial charge in [0.2, 0.25) is 0 Å². The van der Waals surface area contributed by atoms with Gasteiger partial charge in [-0.3, -0.25) is 14.5 Å². The molecule has 0 aliphatic carbocycles. The number of rotatable bonds is 7. The summed E-state index contributed by atoms with van der Waals surface area (Å²) in [7, 11) is 1.49. The van der Waals surface area contributed by atoms with Gasteiger partial charge in [-0.25, -0.2) is 0 Å². The van der Waals surface area contributed by atoms with Crippen LogP contribution in [0.15, 0.2) is 42.1 Å². The molecule has 1 aliphatic heterocycles. The molecule has 0 atom stereocenters. The fraction of sp³-hybridized carbons (Fsp3) is 0.304. The normalized spacial score (nSPS) is 13.9. The van der Waals surface area contributed by atoms with E-state index in [0.29, 0.717) is 41.5 Å². The first kappa shape index (κ1) is 20.5. The highest BCUT2D eigenvalue weighted by Gasteiger charge is 2.37. The van der Waals surface area contributed by atoms with Crippen LogP contribution in [0, 0.1) is 13.8 Å². The van der Waals surface area contributed by atoms with Crippen molar-refractivity contribution in [1.29, 1.82) is 0 Å². The molecule has 1 heterocycles. The van der Waals surface area contributed by atoms with Crippen LogP contribution in [0.1, 0.15) is 30.5 Å². The molecule has 0 radical (unpaired) electrons. The minimum Gasteiger partial charge on any atom is -0.490 e. The Bertz CT molecular complexity index is 994. The van der Waals surface area contributed by atoms with Crippen LogP contribution in [0.5, 0.6) is 11.5 Å². The number of ether oxygens (including phenoxy) is 2. The van der Waals surface area contributed by atoms with Crippen LogP contribution in [0.25, 0.3) is 5.57 Å². The summed E-state index contributed by atoms with van der Waals surface area (Å²) in [6, 6.07) is 11.1. The van der Waals surface area contributed by atoms with E-state index < -0.39 is 0 Å². The van der Waals surface area contributed by atoms with E-state index >= 15 is 0 Å². The van der Waals surface area contributed by atoms with E-state index in [-0.39, 0.29) is 17.5 Å². The Labute approximate surface area is 171 Å². The number of nitrogens with zero attached hydrogens (tertiary/aromatic N) is 1. The third kappa shape index (κ3) is 3.97. The van der Waals surface area contributed by atoms with Gasteiger partial charge in [-0.2, -0.15) is 0 Å². The number of anilines is 1. The minimum absolute atomic E-state index is 0.257. The molecule has 152 valence electrons. The fourth-order valence-electron chi connectivity index (χ4n) is 3.20. The molecule has 6 nitrogen and oxygen atoms in total. The topological polar surface area (TPSA) is 67.9 Å². The first-order valence-electron chi connectivity index (χ1n) is 9.68. The van der Waals surface area contributed by atoms with E-state index in [1.54, 1.807) is 18.2 Å². The summed E-state index contributed by atoms with van der Waals surface area (Å²) in [6.07, 6.45) is 0. The molecular weight excluding hydrogens is 368 g/mol. The van der Waals surface area contributed by atoms with Gasteiger partial charge in [0.25, 0.3) is 11.8 Å². The Hall–Kier alpha value is -3.28. The number of hydrogen-bond acceptors (Lipinski definition) is 5. The Morgan fingerprint density at radius 3 is 2.21 bits per heavy atom. The average Bonchev–Trinajstić information content (AvgIpc) is 2.90. The molecule has 1 aliphatic rings. The van der Waals surface area contributed by atoms with Crippen molar-refractivity contribution < 1.29 is 19.1 Å². The van der Waals surface area contributed by atoms with Crippen molar-refractivity contribution in [3.8, 4) is 11.5 Å². The molecule has 3 rings (SSSR count). The summed E-state index contributed by atoms with van der Waals surface area (Å²) in [5, 5.41) is 3.13. The van der Waals surface area contributed by atoms with Gasteiger partial charge in [0, 0.05) is 18.8 Å². The van der Waals surface area contributed by atoms with E-state index in [1.807, 2.05) is 45.9 Å². The fourth-order valence-corrected chi connectivity index (χ4v) is 3.20. The van der Waals surface area contributed by atoms with Crippen LogP contribution in [0.4, 0.5) is 5.69 Å². The summed E-state index contributed by atoms with van der Waals surface area (Å²) < 4.78 is 11.3. The lowest BCUT2D eigenvalue weighted by Gasteiger charge is -2.14. The predicted molar refractivity (Wildman–Crippen MR) is 113 cm³/mol. The number of imide groups is 1. The SMILES string of the molecule is CCOc1ccc(NC2=C(c3ccc(C)c(C)c3)C(=O)N(C)C2=O)cc1OCC. The summed E-state index contributed by atoms with van der Waals surface area (Å²) in [5.41, 5.74) is 4.17. The zero-order valence-electron chi connectivity index (χ0n) is 17.5. The lowest BCUT2D eigenvalue weighted by atomic mass is 9.99. The first-order valence-corrected chi connectivity index (χ1v) is 9.68. The van der Waals surface area contributed by atoms with Crippen molar-refractivity contribution >= 4 is 23.1 Å². The predicted octanol–water partition coefficient (Wildman–Crippen LogP) is 3.92. The van der Waals surface area contributed by atoms with Crippen LogP contribution >= 0.6 is 0 Å². The van der Waals surface area contributed by atoms with Gasteiger partial charge in [-0.05, 0) is 56.5 Å². The molecule has 1 N–H and O–H groups in total. The van der Waals surface area contributed by atoms with E-state index in [9.17, 15) is 9.59 Å². The van der Waals surface area contributed by atoms with E-state index in [0.717, 1.165) is 16.0 Å². The van der Waals surface area contributed by atoms with Gasteiger partial charge in [0.05, 0.1) is 18.8 Å². The van der Waals surface area contributed by atoms with Crippen molar-refractivity contribution in [1.82, 2.24) is 4.90 Å². The summed E-state index contributed by atoms with van der Waals surface area (Å²) in [5.74, 6) is 0.527. The molecule has 2 aromatic rings. The number of amides is 2. The highest BCUT2D eigenvalue weighted by Crippen LogP contribution is 2.34. The van der Waals surface area contributed by atoms with Crippen LogP contribution in [-0.4, -0.2) is 37.0 Å². The zero-order valence-corrected chi connectivity index (χ0v) is 17.5. The number of likely N-dealkylation sites (N-methyl/N-ethyl adjacent to an activating group) is 1. The number of carbonyl (C=O) groups is 2. The molecule has 2 amide bonds. The van der Waals surface area contributed by atoms with Gasteiger partial charge < -0.3 is 14.8 Å². The maximum absolute atomic E-state index is 12.8. The zero-order chi connectivity index (χ0) is 21.1. The highest BCUT2D eigenvalue weighted by atomic mass is 16.5. The van der Waals surface area contributed by atoms with Crippen molar-refractivity contribution in [2.24, 2.45) is 0 Å². The van der Waals surface area contributed by atoms with Crippen molar-refractivity contribution in [3.05, 3.63) is 58.8 Å². The largest absolute Gasteiger partial charge is 0.490 e. The maximum atomic E-state index is 12.8. The molecular formula is C23H26N2O4. The van der Waals surface area contributed by atoms with Gasteiger partial charge in [0.15, 0.2) is 11.5 Å². The smallest absolute Gasteiger partial charge is 0.277 e. The second-order valence-corrected chi connectivity index (χ2v) is 6.87. The van der Waals surface area contributed by atoms with E-state index in [2.05, 4.69) is 5.32 Å². The van der Waals surface area contributed by atoms with Crippen molar-refractivity contribution in [2.75, 3.05) is 25.6 Å². The Kier molecular flexibility index (Phi) is 5.92. The minimum atomic E-state index is -0.366. The second kappa shape index (κ2) is 8.39. The Morgan fingerprint density at radius 1 is 0.862 bits per heavy atom. The summed E-state index contributed by atoms with van der Waals surface area (Å²) in [6.45, 7) is 8.80. The molecule has 0 spiro atoms. The standard InChI is InChI=1S/C23H26N2O4/c1-6-28-18-11-10-17(13-19(18)29-7-2)24-21-20(22(26)25(5)23(21)27)16-9-8-14(3)15(4)12-16/h8-13,24H,6-7H2,1-5H3. The lowest BCUT2D eigenvalue weighted by molar-refractivity contribution is -0.135. The maximum Gasteiger partial charge on any atom is 0.277 e. The molecule has 0 unspecified atom stereocenters. The molecule has 0 fully saturated rings. The highest BCUT2D eigenvalue weighted by molar-refractivity contribution is 6.36. The number of carbonyl (C=O) groups excluding carboxylic acids is 2. The quantitative estimate of drug-likeness (QED) is 0.721. The number of benzene rings is 2. The van der Waals surface area contributed by atoms with E-state index in [1.165, 1.54) is 7.05 Å². The number of aryl methyl sites for hydroxylation is 2. The Morgan fingerprint density at radius 2 is 1.55 bits per heavy atom. The van der Waals surface area contributed by atoms with Crippen LogP contribution in [0.2, 0.25) is 0 Å². The lowest BCUT2D eigenvalue weighted by Crippen LogP contribution is -2.27. The first-order chi connectivity index (χ1) is 13.9. The second-order valence-electron chi connectivity index (χ2n) is 6.87. The van der Waals surface area contributed by atoms with Crippen LogP contribution < -0.4 is 14.8 Å². The van der Waals surface area contributed by atoms with Gasteiger partial charge in [0.1, 0.15) is 5.70 Å². The van der Waals surface area contributed by atoms with Crippen LogP contribution in [-0.2, 0) is 9.59 Å². The molecule has 0 bridgehead atoms. The van der Waals surface area contributed by atoms with Gasteiger partial charge in [-0.15, -0.1) is 0 Å². The molecule has 6 heteroatoms. The van der Waals surface area contributed by atoms with E-state index in [4.69, 9.17) is 9.47 Å². The third-order valence-corrected chi connectivity index (χ3v) is 4.90. The molecule has 0 saturated heterocycles.